The largest absolute Gasteiger partial charge is 0.497 e. The van der Waals surface area contributed by atoms with Crippen molar-refractivity contribution in [1.82, 2.24) is 14.9 Å². The molecule has 1 aromatic heterocycles. The molecule has 0 bridgehead atoms. The molecule has 1 N–H and O–H groups in total. The monoisotopic (exact) mass is 592 g/mol. The number of carbonyl (C=O) groups excluding carboxylic acids is 1. The number of ether oxygens (including phenoxy) is 3. The van der Waals surface area contributed by atoms with Gasteiger partial charge in [-0.1, -0.05) is 11.6 Å². The van der Waals surface area contributed by atoms with E-state index in [9.17, 15) is 9.18 Å². The van der Waals surface area contributed by atoms with Crippen molar-refractivity contribution in [3.8, 4) is 11.8 Å². The molecule has 3 atom stereocenters. The molecule has 1 saturated carbocycles. The molecule has 1 unspecified atom stereocenters. The zero-order valence-corrected chi connectivity index (χ0v) is 22.8. The van der Waals surface area contributed by atoms with Gasteiger partial charge < -0.3 is 24.4 Å². The van der Waals surface area contributed by atoms with Crippen LogP contribution in [0.5, 0.6) is 11.8 Å². The van der Waals surface area contributed by atoms with Crippen molar-refractivity contribution in [2.75, 3.05) is 38.7 Å². The first kappa shape index (κ1) is 25.8. The highest BCUT2D eigenvalue weighted by Crippen LogP contribution is 2.42. The van der Waals surface area contributed by atoms with Crippen LogP contribution < -0.4 is 14.8 Å². The Morgan fingerprint density at radius 1 is 1.22 bits per heavy atom. The molecule has 1 aliphatic heterocycles. The van der Waals surface area contributed by atoms with Gasteiger partial charge in [0.1, 0.15) is 11.6 Å². The lowest BCUT2D eigenvalue weighted by atomic mass is 10.0. The van der Waals surface area contributed by atoms with Crippen molar-refractivity contribution in [2.45, 2.75) is 19.8 Å². The van der Waals surface area contributed by atoms with Crippen molar-refractivity contribution in [3.63, 3.8) is 0 Å². The lowest BCUT2D eigenvalue weighted by Crippen LogP contribution is -2.30. The van der Waals surface area contributed by atoms with E-state index in [0.717, 1.165) is 25.9 Å². The number of methoxy groups -OCH3 is 1. The molecule has 3 aromatic rings. The minimum atomic E-state index is -0.595. The lowest BCUT2D eigenvalue weighted by molar-refractivity contribution is 0.111. The number of carbonyl (C=O) groups is 1. The third-order valence-corrected chi connectivity index (χ3v) is 8.25. The summed E-state index contributed by atoms with van der Waals surface area (Å²) in [7, 11) is 1.57. The maximum Gasteiger partial charge on any atom is 0.409 e. The van der Waals surface area contributed by atoms with Crippen molar-refractivity contribution >= 4 is 56.0 Å². The van der Waals surface area contributed by atoms with E-state index in [0.29, 0.717) is 57.9 Å². The molecular weight excluding hydrogens is 567 g/mol. The van der Waals surface area contributed by atoms with Crippen LogP contribution in [-0.2, 0) is 4.74 Å². The average Bonchev–Trinajstić information content (AvgIpc) is 3.47. The summed E-state index contributed by atoms with van der Waals surface area (Å²) in [6, 6.07) is 8.84. The van der Waals surface area contributed by atoms with E-state index in [1.807, 2.05) is 17.9 Å². The van der Waals surface area contributed by atoms with Crippen LogP contribution in [0.2, 0.25) is 5.02 Å². The minimum Gasteiger partial charge on any atom is -0.497 e. The predicted octanol–water partition coefficient (Wildman–Crippen LogP) is 6.43. The molecule has 0 spiro atoms. The molecule has 11 heteroatoms. The summed E-state index contributed by atoms with van der Waals surface area (Å²) in [5.74, 6) is 1.65. The molecule has 0 radical (unpaired) electrons. The summed E-state index contributed by atoms with van der Waals surface area (Å²) in [5, 5.41) is 3.67. The Hall–Kier alpha value is -2.85. The zero-order chi connectivity index (χ0) is 26.1. The number of anilines is 2. The third-order valence-electron chi connectivity index (χ3n) is 6.99. The van der Waals surface area contributed by atoms with Crippen LogP contribution in [0.4, 0.5) is 20.7 Å². The van der Waals surface area contributed by atoms with Gasteiger partial charge in [-0.05, 0) is 83.8 Å². The minimum absolute atomic E-state index is 0.0225. The number of hydrogen-bond donors (Lipinski definition) is 1. The van der Waals surface area contributed by atoms with Crippen LogP contribution in [0.1, 0.15) is 19.8 Å². The molecule has 2 fully saturated rings. The van der Waals surface area contributed by atoms with E-state index in [1.165, 1.54) is 0 Å². The number of benzene rings is 2. The molecule has 37 heavy (non-hydrogen) atoms. The topological polar surface area (TPSA) is 85.8 Å². The number of likely N-dealkylation sites (tertiary alicyclic amines) is 1. The first-order valence-electron chi connectivity index (χ1n) is 12.2. The SMILES string of the molecule is CCOC(=O)N1C[C@H]2CC(COc3nc(Nc4ccc(Br)c(Cl)c4F)c4cc(OC)ccc4n3)C[C@H]2C1. The fraction of sp³-hybridized carbons (Fsp3) is 0.423. The Labute approximate surface area is 227 Å². The zero-order valence-electron chi connectivity index (χ0n) is 20.5. The molecule has 1 aliphatic carbocycles. The van der Waals surface area contributed by atoms with E-state index in [-0.39, 0.29) is 22.8 Å². The summed E-state index contributed by atoms with van der Waals surface area (Å²) in [4.78, 5) is 23.0. The molecule has 8 nitrogen and oxygen atoms in total. The fourth-order valence-electron chi connectivity index (χ4n) is 5.24. The first-order valence-corrected chi connectivity index (χ1v) is 13.3. The van der Waals surface area contributed by atoms with Gasteiger partial charge in [0.25, 0.3) is 0 Å². The van der Waals surface area contributed by atoms with Gasteiger partial charge in [-0.3, -0.25) is 0 Å². The number of aromatic nitrogens is 2. The van der Waals surface area contributed by atoms with Gasteiger partial charge in [0, 0.05) is 22.9 Å². The lowest BCUT2D eigenvalue weighted by Gasteiger charge is -2.19. The molecular formula is C26H27BrClFN4O4. The van der Waals surface area contributed by atoms with Crippen LogP contribution in [0.15, 0.2) is 34.8 Å². The van der Waals surface area contributed by atoms with E-state index < -0.39 is 5.82 Å². The van der Waals surface area contributed by atoms with E-state index in [1.54, 1.807) is 31.4 Å². The summed E-state index contributed by atoms with van der Waals surface area (Å²) < 4.78 is 31.8. The van der Waals surface area contributed by atoms with Gasteiger partial charge >= 0.3 is 12.1 Å². The predicted molar refractivity (Wildman–Crippen MR) is 142 cm³/mol. The van der Waals surface area contributed by atoms with Gasteiger partial charge in [-0.25, -0.2) is 9.18 Å². The number of amides is 1. The van der Waals surface area contributed by atoms with Crippen molar-refractivity contribution in [1.29, 1.82) is 0 Å². The Kier molecular flexibility index (Phi) is 7.57. The van der Waals surface area contributed by atoms with Gasteiger partial charge in [0.15, 0.2) is 5.82 Å². The number of rotatable bonds is 7. The second-order valence-electron chi connectivity index (χ2n) is 9.36. The van der Waals surface area contributed by atoms with Crippen LogP contribution in [0.25, 0.3) is 10.9 Å². The van der Waals surface area contributed by atoms with Gasteiger partial charge in [0.2, 0.25) is 0 Å². The van der Waals surface area contributed by atoms with Crippen molar-refractivity contribution in [3.05, 3.63) is 45.6 Å². The number of nitrogens with zero attached hydrogens (tertiary/aromatic N) is 3. The average molecular weight is 594 g/mol. The van der Waals surface area contributed by atoms with Gasteiger partial charge in [-0.15, -0.1) is 0 Å². The number of halogens is 3. The normalized spacial score (nSPS) is 20.7. The molecule has 1 amide bonds. The Morgan fingerprint density at radius 3 is 2.68 bits per heavy atom. The highest BCUT2D eigenvalue weighted by molar-refractivity contribution is 9.10. The Balaban J connectivity index is 1.32. The first-order chi connectivity index (χ1) is 17.9. The van der Waals surface area contributed by atoms with Gasteiger partial charge in [-0.2, -0.15) is 9.97 Å². The smallest absolute Gasteiger partial charge is 0.409 e. The molecule has 2 aromatic carbocycles. The summed E-state index contributed by atoms with van der Waals surface area (Å²) in [5.41, 5.74) is 0.807. The second kappa shape index (κ2) is 10.9. The second-order valence-corrected chi connectivity index (χ2v) is 10.6. The summed E-state index contributed by atoms with van der Waals surface area (Å²) >= 11 is 9.32. The van der Waals surface area contributed by atoms with Gasteiger partial charge in [0.05, 0.1) is 36.6 Å². The quantitative estimate of drug-likeness (QED) is 0.316. The maximum atomic E-state index is 14.8. The molecule has 2 heterocycles. The third kappa shape index (κ3) is 5.40. The van der Waals surface area contributed by atoms with E-state index in [4.69, 9.17) is 25.8 Å². The van der Waals surface area contributed by atoms with Crippen LogP contribution >= 0.6 is 27.5 Å². The van der Waals surface area contributed by atoms with E-state index >= 15 is 0 Å². The summed E-state index contributed by atoms with van der Waals surface area (Å²) in [6.45, 7) is 4.12. The Bertz CT molecular complexity index is 1320. The van der Waals surface area contributed by atoms with Crippen LogP contribution in [0, 0.1) is 23.6 Å². The summed E-state index contributed by atoms with van der Waals surface area (Å²) in [6.07, 6.45) is 1.72. The highest BCUT2D eigenvalue weighted by atomic mass is 79.9. The van der Waals surface area contributed by atoms with Crippen molar-refractivity contribution in [2.24, 2.45) is 17.8 Å². The maximum absolute atomic E-state index is 14.8. The number of hydrogen-bond acceptors (Lipinski definition) is 7. The molecule has 196 valence electrons. The standard InChI is InChI=1S/C26H27BrClFN4O4/c1-3-36-26(34)33-11-15-8-14(9-16(15)12-33)13-37-25-31-20-6-4-17(35-2)10-18(20)24(32-25)30-21-7-5-19(27)22(28)23(21)29/h4-7,10,14-16H,3,8-9,11-13H2,1-2H3,(H,30,31,32)/t14?,15-,16+. The molecule has 1 saturated heterocycles. The number of fused-ring (bicyclic) bond motifs is 2. The van der Waals surface area contributed by atoms with E-state index in [2.05, 4.69) is 31.2 Å². The molecule has 2 aliphatic rings. The molecule has 5 rings (SSSR count). The van der Waals surface area contributed by atoms with Crippen LogP contribution in [0.3, 0.4) is 0 Å². The van der Waals surface area contributed by atoms with Crippen molar-refractivity contribution < 1.29 is 23.4 Å². The van der Waals surface area contributed by atoms with Crippen LogP contribution in [-0.4, -0.2) is 54.4 Å². The fourth-order valence-corrected chi connectivity index (χ4v) is 5.71. The highest BCUT2D eigenvalue weighted by Gasteiger charge is 2.43. The number of nitrogens with one attached hydrogen (secondary N) is 1. The Morgan fingerprint density at radius 2 is 1.97 bits per heavy atom.